The molecule has 4 rings (SSSR count). The van der Waals surface area contributed by atoms with Gasteiger partial charge in [0.1, 0.15) is 17.2 Å². The van der Waals surface area contributed by atoms with E-state index in [4.69, 9.17) is 18.6 Å². The second-order valence-electron chi connectivity index (χ2n) is 5.20. The Morgan fingerprint density at radius 3 is 2.71 bits per heavy atom. The molecule has 2 N–H and O–H groups in total. The highest BCUT2D eigenvalue weighted by Gasteiger charge is 2.21. The molecule has 2 heterocycles. The van der Waals surface area contributed by atoms with Crippen molar-refractivity contribution < 1.29 is 28.8 Å². The Kier molecular flexibility index (Phi) is 3.02. The summed E-state index contributed by atoms with van der Waals surface area (Å²) >= 11 is 0. The summed E-state index contributed by atoms with van der Waals surface area (Å²) in [5.74, 6) is 0.154. The fourth-order valence-electron chi connectivity index (χ4n) is 2.70. The van der Waals surface area contributed by atoms with Gasteiger partial charge in [-0.1, -0.05) is 6.07 Å². The zero-order valence-electron chi connectivity index (χ0n) is 12.5. The molecule has 122 valence electrons. The molecule has 7 nitrogen and oxygen atoms in total. The van der Waals surface area contributed by atoms with E-state index in [-0.39, 0.29) is 34.8 Å². The molecule has 2 aromatic carbocycles. The molecular weight excluding hydrogens is 316 g/mol. The van der Waals surface area contributed by atoms with Gasteiger partial charge >= 0.3 is 0 Å². The van der Waals surface area contributed by atoms with Crippen molar-refractivity contribution in [3.05, 3.63) is 40.8 Å². The Hall–Kier alpha value is -3.35. The predicted molar refractivity (Wildman–Crippen MR) is 83.9 cm³/mol. The van der Waals surface area contributed by atoms with Gasteiger partial charge < -0.3 is 28.8 Å². The minimum Gasteiger partial charge on any atom is -0.504 e. The summed E-state index contributed by atoms with van der Waals surface area (Å²) in [5, 5.41) is 20.0. The van der Waals surface area contributed by atoms with Crippen molar-refractivity contribution in [1.82, 2.24) is 0 Å². The smallest absolute Gasteiger partial charge is 0.231 e. The molecule has 3 aromatic rings. The van der Waals surface area contributed by atoms with Crippen molar-refractivity contribution in [2.75, 3.05) is 13.9 Å². The van der Waals surface area contributed by atoms with Crippen LogP contribution in [-0.4, -0.2) is 24.1 Å². The molecule has 0 aliphatic carbocycles. The number of benzene rings is 2. The summed E-state index contributed by atoms with van der Waals surface area (Å²) in [6.45, 7) is 0.127. The average Bonchev–Trinajstić information content (AvgIpc) is 3.02. The zero-order valence-corrected chi connectivity index (χ0v) is 12.5. The molecule has 0 fully saturated rings. The van der Waals surface area contributed by atoms with Crippen molar-refractivity contribution in [2.24, 2.45) is 0 Å². The standard InChI is InChI=1S/C17H12O7/c1-21-17-10(18)5-13-14(16(17)20)15(19)9(6-22-13)8-2-3-11-12(4-8)24-7-23-11/h2-6,18,20H,7H2,1H3. The predicted octanol–water partition coefficient (Wildman–Crippen LogP) is 2.61. The fourth-order valence-corrected chi connectivity index (χ4v) is 2.70. The van der Waals surface area contributed by atoms with Gasteiger partial charge in [-0.3, -0.25) is 4.79 Å². The van der Waals surface area contributed by atoms with Crippen LogP contribution in [0.1, 0.15) is 0 Å². The molecule has 0 unspecified atom stereocenters. The summed E-state index contributed by atoms with van der Waals surface area (Å²) in [7, 11) is 1.28. The van der Waals surface area contributed by atoms with Crippen LogP contribution in [0.15, 0.2) is 39.7 Å². The highest BCUT2D eigenvalue weighted by atomic mass is 16.7. The maximum absolute atomic E-state index is 12.8. The first kappa shape index (κ1) is 14.3. The van der Waals surface area contributed by atoms with Crippen molar-refractivity contribution in [3.8, 4) is 39.9 Å². The number of phenolic OH excluding ortho intramolecular Hbond substituents is 2. The van der Waals surface area contributed by atoms with E-state index < -0.39 is 11.2 Å². The van der Waals surface area contributed by atoms with Crippen molar-refractivity contribution >= 4 is 11.0 Å². The minimum absolute atomic E-state index is 0.0558. The van der Waals surface area contributed by atoms with E-state index in [0.29, 0.717) is 17.1 Å². The van der Waals surface area contributed by atoms with Gasteiger partial charge in [0.15, 0.2) is 23.0 Å². The Labute approximate surface area is 135 Å². The van der Waals surface area contributed by atoms with Crippen molar-refractivity contribution in [1.29, 1.82) is 0 Å². The third kappa shape index (κ3) is 1.95. The number of phenols is 2. The lowest BCUT2D eigenvalue weighted by Gasteiger charge is -2.09. The number of rotatable bonds is 2. The normalized spacial score (nSPS) is 12.5. The molecule has 0 saturated heterocycles. The first-order valence-electron chi connectivity index (χ1n) is 7.04. The highest BCUT2D eigenvalue weighted by molar-refractivity contribution is 5.91. The maximum atomic E-state index is 12.8. The number of fused-ring (bicyclic) bond motifs is 2. The number of hydrogen-bond donors (Lipinski definition) is 2. The first-order chi connectivity index (χ1) is 11.6. The first-order valence-corrected chi connectivity index (χ1v) is 7.04. The van der Waals surface area contributed by atoms with Crippen LogP contribution in [0.3, 0.4) is 0 Å². The second kappa shape index (κ2) is 5.09. The van der Waals surface area contributed by atoms with Crippen LogP contribution in [0.25, 0.3) is 22.1 Å². The lowest BCUT2D eigenvalue weighted by molar-refractivity contribution is 0.174. The number of aromatic hydroxyl groups is 2. The average molecular weight is 328 g/mol. The Bertz CT molecular complexity index is 1020. The highest BCUT2D eigenvalue weighted by Crippen LogP contribution is 2.41. The Morgan fingerprint density at radius 1 is 1.12 bits per heavy atom. The van der Waals surface area contributed by atoms with Gasteiger partial charge in [0.2, 0.25) is 18.0 Å². The summed E-state index contributed by atoms with van der Waals surface area (Å²) in [4.78, 5) is 12.8. The molecule has 0 bridgehead atoms. The number of hydrogen-bond acceptors (Lipinski definition) is 7. The molecule has 0 spiro atoms. The maximum Gasteiger partial charge on any atom is 0.231 e. The molecule has 0 amide bonds. The van der Waals surface area contributed by atoms with Gasteiger partial charge in [-0.15, -0.1) is 0 Å². The topological polar surface area (TPSA) is 98.4 Å². The van der Waals surface area contributed by atoms with E-state index in [1.54, 1.807) is 18.2 Å². The van der Waals surface area contributed by atoms with E-state index in [1.165, 1.54) is 19.4 Å². The SMILES string of the molecule is COc1c(O)cc2occ(-c3ccc4c(c3)OCO4)c(=O)c2c1O. The minimum atomic E-state index is -0.469. The lowest BCUT2D eigenvalue weighted by Crippen LogP contribution is -2.05. The largest absolute Gasteiger partial charge is 0.504 e. The molecule has 7 heteroatoms. The summed E-state index contributed by atoms with van der Waals surface area (Å²) < 4.78 is 20.9. The molecule has 1 aromatic heterocycles. The van der Waals surface area contributed by atoms with Crippen molar-refractivity contribution in [3.63, 3.8) is 0 Å². The fraction of sp³-hybridized carbons (Fsp3) is 0.118. The zero-order chi connectivity index (χ0) is 16.8. The van der Waals surface area contributed by atoms with E-state index in [1.807, 2.05) is 0 Å². The van der Waals surface area contributed by atoms with Gasteiger partial charge in [-0.25, -0.2) is 0 Å². The number of methoxy groups -OCH3 is 1. The van der Waals surface area contributed by atoms with Crippen LogP contribution < -0.4 is 19.6 Å². The van der Waals surface area contributed by atoms with Crippen molar-refractivity contribution in [2.45, 2.75) is 0 Å². The van der Waals surface area contributed by atoms with E-state index in [2.05, 4.69) is 0 Å². The molecule has 0 saturated carbocycles. The Balaban J connectivity index is 1.98. The quantitative estimate of drug-likeness (QED) is 0.746. The molecule has 1 aliphatic heterocycles. The van der Waals surface area contributed by atoms with Gasteiger partial charge in [0.05, 0.1) is 12.7 Å². The molecular formula is C17H12O7. The summed E-state index contributed by atoms with van der Waals surface area (Å²) in [6.07, 6.45) is 1.27. The van der Waals surface area contributed by atoms with Crippen LogP contribution in [0, 0.1) is 0 Å². The third-order valence-corrected chi connectivity index (χ3v) is 3.86. The van der Waals surface area contributed by atoms with E-state index in [9.17, 15) is 15.0 Å². The molecule has 1 aliphatic rings. The van der Waals surface area contributed by atoms with Crippen LogP contribution >= 0.6 is 0 Å². The van der Waals surface area contributed by atoms with E-state index >= 15 is 0 Å². The molecule has 0 radical (unpaired) electrons. The van der Waals surface area contributed by atoms with Gasteiger partial charge in [0, 0.05) is 6.07 Å². The van der Waals surface area contributed by atoms with Crippen LogP contribution in [-0.2, 0) is 0 Å². The van der Waals surface area contributed by atoms with Gasteiger partial charge in [0.25, 0.3) is 0 Å². The van der Waals surface area contributed by atoms with Crippen LogP contribution in [0.5, 0.6) is 28.7 Å². The summed E-state index contributed by atoms with van der Waals surface area (Å²) in [5.41, 5.74) is 0.399. The Morgan fingerprint density at radius 2 is 1.92 bits per heavy atom. The van der Waals surface area contributed by atoms with E-state index in [0.717, 1.165) is 0 Å². The molecule has 24 heavy (non-hydrogen) atoms. The number of ether oxygens (including phenoxy) is 3. The van der Waals surface area contributed by atoms with Gasteiger partial charge in [-0.05, 0) is 17.7 Å². The molecule has 0 atom stereocenters. The van der Waals surface area contributed by atoms with Gasteiger partial charge in [-0.2, -0.15) is 0 Å². The monoisotopic (exact) mass is 328 g/mol. The third-order valence-electron chi connectivity index (χ3n) is 3.86. The second-order valence-corrected chi connectivity index (χ2v) is 5.20. The lowest BCUT2D eigenvalue weighted by atomic mass is 10.0. The van der Waals surface area contributed by atoms with Crippen LogP contribution in [0.2, 0.25) is 0 Å². The van der Waals surface area contributed by atoms with Crippen LogP contribution in [0.4, 0.5) is 0 Å². The summed E-state index contributed by atoms with van der Waals surface area (Å²) in [6, 6.07) is 6.27.